The summed E-state index contributed by atoms with van der Waals surface area (Å²) in [7, 11) is 0. The number of carbonyl (C=O) groups excluding carboxylic acids is 1. The fourth-order valence-corrected chi connectivity index (χ4v) is 4.87. The number of piperidine rings is 1. The molecule has 0 N–H and O–H groups in total. The number of aryl methyl sites for hydroxylation is 1. The number of nitrogens with zero attached hydrogens (tertiary/aromatic N) is 4. The second-order valence-corrected chi connectivity index (χ2v) is 8.68. The zero-order chi connectivity index (χ0) is 21.9. The van der Waals surface area contributed by atoms with E-state index in [1.54, 1.807) is 10.8 Å². The largest absolute Gasteiger partial charge is 0.343 e. The van der Waals surface area contributed by atoms with Crippen molar-refractivity contribution in [2.24, 2.45) is 5.92 Å². The van der Waals surface area contributed by atoms with Crippen LogP contribution in [0, 0.1) is 5.92 Å². The van der Waals surface area contributed by atoms with E-state index in [9.17, 15) is 9.59 Å². The van der Waals surface area contributed by atoms with Crippen LogP contribution >= 0.6 is 0 Å². The van der Waals surface area contributed by atoms with Gasteiger partial charge in [0.25, 0.3) is 5.56 Å². The first-order valence-corrected chi connectivity index (χ1v) is 11.5. The summed E-state index contributed by atoms with van der Waals surface area (Å²) < 4.78 is 3.59. The number of hydrogen-bond acceptors (Lipinski definition) is 3. The van der Waals surface area contributed by atoms with Gasteiger partial charge in [-0.05, 0) is 61.4 Å². The molecule has 1 fully saturated rings. The molecule has 3 aromatic heterocycles. The molecular formula is C26H28N4O2. The lowest BCUT2D eigenvalue weighted by molar-refractivity contribution is -0.132. The lowest BCUT2D eigenvalue weighted by Crippen LogP contribution is -2.39. The van der Waals surface area contributed by atoms with Gasteiger partial charge in [0.15, 0.2) is 5.65 Å². The molecule has 0 radical (unpaired) electrons. The number of carbonyl (C=O) groups is 1. The molecule has 0 atom stereocenters. The Morgan fingerprint density at radius 2 is 1.75 bits per heavy atom. The van der Waals surface area contributed by atoms with Crippen LogP contribution in [0.3, 0.4) is 0 Å². The van der Waals surface area contributed by atoms with Gasteiger partial charge >= 0.3 is 0 Å². The van der Waals surface area contributed by atoms with Crippen LogP contribution in [-0.2, 0) is 17.8 Å². The summed E-state index contributed by atoms with van der Waals surface area (Å²) in [6.07, 6.45) is 7.88. The summed E-state index contributed by atoms with van der Waals surface area (Å²) in [5.41, 5.74) is 3.52. The highest BCUT2D eigenvalue weighted by Gasteiger charge is 2.22. The van der Waals surface area contributed by atoms with Crippen LogP contribution in [0.15, 0.2) is 71.8 Å². The van der Waals surface area contributed by atoms with Crippen molar-refractivity contribution in [3.63, 3.8) is 0 Å². The van der Waals surface area contributed by atoms with Crippen molar-refractivity contribution in [1.82, 2.24) is 18.9 Å². The maximum absolute atomic E-state index is 13.0. The maximum atomic E-state index is 13.0. The van der Waals surface area contributed by atoms with Crippen LogP contribution in [0.4, 0.5) is 0 Å². The lowest BCUT2D eigenvalue weighted by Gasteiger charge is -2.32. The van der Waals surface area contributed by atoms with Gasteiger partial charge in [-0.25, -0.2) is 4.98 Å². The van der Waals surface area contributed by atoms with Crippen molar-refractivity contribution in [3.8, 4) is 0 Å². The highest BCUT2D eigenvalue weighted by atomic mass is 16.2. The SMILES string of the molecule is O=C(CCCn1c(=O)c2cccn2c2cccnc21)N1CCC(Cc2ccccc2)CC1. The van der Waals surface area contributed by atoms with Crippen LogP contribution in [0.5, 0.6) is 0 Å². The number of fused-ring (bicyclic) bond motifs is 3. The van der Waals surface area contributed by atoms with Gasteiger partial charge in [0.2, 0.25) is 5.91 Å². The van der Waals surface area contributed by atoms with E-state index in [-0.39, 0.29) is 11.5 Å². The van der Waals surface area contributed by atoms with Gasteiger partial charge in [0.05, 0.1) is 5.52 Å². The van der Waals surface area contributed by atoms with Gasteiger partial charge < -0.3 is 9.30 Å². The van der Waals surface area contributed by atoms with Crippen LogP contribution < -0.4 is 5.56 Å². The van der Waals surface area contributed by atoms with Gasteiger partial charge in [-0.1, -0.05) is 30.3 Å². The molecule has 164 valence electrons. The quantitative estimate of drug-likeness (QED) is 0.468. The minimum Gasteiger partial charge on any atom is -0.343 e. The predicted octanol–water partition coefficient (Wildman–Crippen LogP) is 3.91. The predicted molar refractivity (Wildman–Crippen MR) is 126 cm³/mol. The molecule has 0 bridgehead atoms. The molecule has 0 spiro atoms. The summed E-state index contributed by atoms with van der Waals surface area (Å²) in [6, 6.07) is 18.1. The first-order chi connectivity index (χ1) is 15.7. The minimum atomic E-state index is -0.0598. The maximum Gasteiger partial charge on any atom is 0.276 e. The third kappa shape index (κ3) is 4.05. The summed E-state index contributed by atoms with van der Waals surface area (Å²) in [4.78, 5) is 32.2. The zero-order valence-electron chi connectivity index (χ0n) is 18.2. The van der Waals surface area contributed by atoms with Gasteiger partial charge in [-0.3, -0.25) is 14.2 Å². The molecular weight excluding hydrogens is 400 g/mol. The monoisotopic (exact) mass is 428 g/mol. The molecule has 32 heavy (non-hydrogen) atoms. The van der Waals surface area contributed by atoms with E-state index in [1.165, 1.54) is 5.56 Å². The van der Waals surface area contributed by atoms with E-state index < -0.39 is 0 Å². The molecule has 0 unspecified atom stereocenters. The summed E-state index contributed by atoms with van der Waals surface area (Å²) in [6.45, 7) is 2.15. The smallest absolute Gasteiger partial charge is 0.276 e. The number of benzene rings is 1. The van der Waals surface area contributed by atoms with Crippen molar-refractivity contribution >= 4 is 22.6 Å². The normalized spacial score (nSPS) is 14.9. The Bertz CT molecular complexity index is 1280. The van der Waals surface area contributed by atoms with Crippen LogP contribution in [-0.4, -0.2) is 37.8 Å². The molecule has 4 heterocycles. The molecule has 5 rings (SSSR count). The van der Waals surface area contributed by atoms with Crippen molar-refractivity contribution in [1.29, 1.82) is 0 Å². The number of amides is 1. The third-order valence-electron chi connectivity index (χ3n) is 6.60. The Hall–Kier alpha value is -3.41. The molecule has 1 saturated heterocycles. The number of aromatic nitrogens is 3. The van der Waals surface area contributed by atoms with Gasteiger partial charge in [-0.15, -0.1) is 0 Å². The Labute approximate surface area is 187 Å². The van der Waals surface area contributed by atoms with E-state index in [4.69, 9.17) is 0 Å². The molecule has 1 aromatic carbocycles. The van der Waals surface area contributed by atoms with E-state index in [1.807, 2.05) is 39.8 Å². The second kappa shape index (κ2) is 8.99. The first kappa shape index (κ1) is 20.5. The molecule has 6 heteroatoms. The van der Waals surface area contributed by atoms with Gasteiger partial charge in [0, 0.05) is 38.4 Å². The number of rotatable bonds is 6. The molecule has 6 nitrogen and oxygen atoms in total. The highest BCUT2D eigenvalue weighted by Crippen LogP contribution is 2.22. The summed E-state index contributed by atoms with van der Waals surface area (Å²) >= 11 is 0. The Kier molecular flexibility index (Phi) is 5.75. The molecule has 1 aliphatic rings. The lowest BCUT2D eigenvalue weighted by atomic mass is 9.90. The van der Waals surface area contributed by atoms with E-state index in [0.717, 1.165) is 37.9 Å². The zero-order valence-corrected chi connectivity index (χ0v) is 18.2. The fourth-order valence-electron chi connectivity index (χ4n) is 4.87. The first-order valence-electron chi connectivity index (χ1n) is 11.5. The average Bonchev–Trinajstić information content (AvgIpc) is 3.33. The number of likely N-dealkylation sites (tertiary alicyclic amines) is 1. The summed E-state index contributed by atoms with van der Waals surface area (Å²) in [5, 5.41) is 0. The Balaban J connectivity index is 1.19. The molecule has 4 aromatic rings. The van der Waals surface area contributed by atoms with Crippen molar-refractivity contribution in [2.75, 3.05) is 13.1 Å². The molecule has 1 amide bonds. The van der Waals surface area contributed by atoms with Crippen molar-refractivity contribution in [2.45, 2.75) is 38.6 Å². The fraction of sp³-hybridized carbons (Fsp3) is 0.346. The Morgan fingerprint density at radius 3 is 2.56 bits per heavy atom. The van der Waals surface area contributed by atoms with Gasteiger partial charge in [-0.2, -0.15) is 0 Å². The topological polar surface area (TPSA) is 59.6 Å². The third-order valence-corrected chi connectivity index (χ3v) is 6.60. The highest BCUT2D eigenvalue weighted by molar-refractivity contribution is 5.76. The second-order valence-electron chi connectivity index (χ2n) is 8.68. The molecule has 1 aliphatic heterocycles. The van der Waals surface area contributed by atoms with E-state index in [2.05, 4.69) is 35.3 Å². The van der Waals surface area contributed by atoms with E-state index >= 15 is 0 Å². The molecule has 0 saturated carbocycles. The van der Waals surface area contributed by atoms with Crippen LogP contribution in [0.2, 0.25) is 0 Å². The minimum absolute atomic E-state index is 0.0598. The van der Waals surface area contributed by atoms with Crippen LogP contribution in [0.1, 0.15) is 31.2 Å². The number of hydrogen-bond donors (Lipinski definition) is 0. The molecule has 0 aliphatic carbocycles. The Morgan fingerprint density at radius 1 is 0.969 bits per heavy atom. The number of pyridine rings is 1. The standard InChI is InChI=1S/C26H28N4O2/c31-24(28-17-12-21(13-18-28)19-20-7-2-1-3-8-20)11-6-16-30-25-22(9-4-14-27-25)29-15-5-10-23(29)26(30)32/h1-5,7-10,14-15,21H,6,11-13,16-19H2. The van der Waals surface area contributed by atoms with Gasteiger partial charge in [0.1, 0.15) is 5.52 Å². The van der Waals surface area contributed by atoms with Crippen molar-refractivity contribution in [3.05, 3.63) is 82.9 Å². The van der Waals surface area contributed by atoms with Crippen LogP contribution in [0.25, 0.3) is 16.7 Å². The summed E-state index contributed by atoms with van der Waals surface area (Å²) in [5.74, 6) is 0.837. The van der Waals surface area contributed by atoms with Crippen molar-refractivity contribution < 1.29 is 4.79 Å². The van der Waals surface area contributed by atoms with E-state index in [0.29, 0.717) is 36.5 Å². The average molecular weight is 429 g/mol.